The van der Waals surface area contributed by atoms with Gasteiger partial charge in [0.25, 0.3) is 0 Å². The summed E-state index contributed by atoms with van der Waals surface area (Å²) in [6.07, 6.45) is 0. The molecule has 1 atom stereocenters. The van der Waals surface area contributed by atoms with E-state index in [4.69, 9.17) is 4.74 Å². The summed E-state index contributed by atoms with van der Waals surface area (Å²) in [5.74, 6) is -0.107. The van der Waals surface area contributed by atoms with E-state index in [0.29, 0.717) is 0 Å². The number of nitrogens with zero attached hydrogens (tertiary/aromatic N) is 1. The van der Waals surface area contributed by atoms with Gasteiger partial charge >= 0.3 is 5.97 Å². The molecule has 0 bridgehead atoms. The minimum Gasteiger partial charge on any atom is -0.465 e. The van der Waals surface area contributed by atoms with Crippen LogP contribution in [0.25, 0.3) is 0 Å². The number of rotatable bonds is 2. The predicted molar refractivity (Wildman–Crippen MR) is 50.3 cm³/mol. The molecule has 13 heavy (non-hydrogen) atoms. The Kier molecular flexibility index (Phi) is 3.27. The van der Waals surface area contributed by atoms with Crippen LogP contribution in [0.2, 0.25) is 0 Å². The second kappa shape index (κ2) is 4.07. The third-order valence-electron chi connectivity index (χ3n) is 3.08. The third kappa shape index (κ3) is 2.19. The first-order chi connectivity index (χ1) is 6.10. The molecule has 1 unspecified atom stereocenters. The lowest BCUT2D eigenvalue weighted by Crippen LogP contribution is -2.62. The summed E-state index contributed by atoms with van der Waals surface area (Å²) in [6.45, 7) is 5.90. The van der Waals surface area contributed by atoms with Crippen LogP contribution in [0.1, 0.15) is 6.92 Å². The molecular weight excluding hydrogens is 168 g/mol. The molecule has 4 nitrogen and oxygen atoms in total. The molecule has 1 aliphatic rings. The number of carbonyl (C=O) groups excluding carboxylic acids is 1. The topological polar surface area (TPSA) is 38.3 Å². The Morgan fingerprint density at radius 3 is 2.46 bits per heavy atom. The molecule has 1 aliphatic heterocycles. The number of carbonyl (C=O) groups is 1. The Balaban J connectivity index is 2.61. The molecule has 1 heterocycles. The minimum atomic E-state index is -0.107. The van der Waals surface area contributed by atoms with Crippen molar-refractivity contribution in [2.24, 2.45) is 0 Å². The fraction of sp³-hybridized carbons (Fsp3) is 0.889. The van der Waals surface area contributed by atoms with E-state index in [-0.39, 0.29) is 12.0 Å². The van der Waals surface area contributed by atoms with Gasteiger partial charge in [0.15, 0.2) is 6.04 Å². The zero-order valence-corrected chi connectivity index (χ0v) is 8.67. The van der Waals surface area contributed by atoms with Crippen molar-refractivity contribution >= 4 is 5.97 Å². The molecule has 1 rings (SSSR count). The first-order valence-corrected chi connectivity index (χ1v) is 4.73. The zero-order valence-electron chi connectivity index (χ0n) is 8.67. The van der Waals surface area contributed by atoms with Crippen molar-refractivity contribution in [1.82, 2.24) is 5.32 Å². The molecular formula is C9H19N2O2+. The van der Waals surface area contributed by atoms with Crippen LogP contribution in [0.15, 0.2) is 0 Å². The van der Waals surface area contributed by atoms with Crippen molar-refractivity contribution in [2.45, 2.75) is 13.0 Å². The zero-order chi connectivity index (χ0) is 9.90. The normalized spacial score (nSPS) is 23.6. The van der Waals surface area contributed by atoms with Crippen LogP contribution in [0, 0.1) is 0 Å². The molecule has 1 fully saturated rings. The Labute approximate surface area is 79.4 Å². The highest BCUT2D eigenvalue weighted by molar-refractivity contribution is 5.73. The van der Waals surface area contributed by atoms with E-state index in [9.17, 15) is 4.79 Å². The molecule has 0 aromatic rings. The minimum absolute atomic E-state index is 0.0490. The van der Waals surface area contributed by atoms with Crippen molar-refractivity contribution in [3.63, 3.8) is 0 Å². The van der Waals surface area contributed by atoms with Gasteiger partial charge in [-0.25, -0.2) is 4.79 Å². The SMILES string of the molecule is COC(=O)C(C)[N+]1(C)CCNCC1. The lowest BCUT2D eigenvalue weighted by atomic mass is 10.2. The van der Waals surface area contributed by atoms with E-state index in [1.54, 1.807) is 0 Å². The van der Waals surface area contributed by atoms with Gasteiger partial charge in [0.05, 0.1) is 27.2 Å². The Morgan fingerprint density at radius 2 is 2.00 bits per heavy atom. The standard InChI is InChI=1S/C9H19N2O2/c1-8(9(12)13-3)11(2)6-4-10-5-7-11/h8,10H,4-7H2,1-3H3/q+1. The number of quaternary nitrogens is 1. The number of esters is 1. The van der Waals surface area contributed by atoms with Gasteiger partial charge < -0.3 is 14.5 Å². The van der Waals surface area contributed by atoms with Crippen LogP contribution in [0.4, 0.5) is 0 Å². The maximum Gasteiger partial charge on any atom is 0.364 e. The summed E-state index contributed by atoms with van der Waals surface area (Å²) >= 11 is 0. The summed E-state index contributed by atoms with van der Waals surface area (Å²) in [7, 11) is 3.57. The molecule has 1 saturated heterocycles. The molecule has 0 aromatic heterocycles. The average molecular weight is 187 g/mol. The molecule has 0 amide bonds. The van der Waals surface area contributed by atoms with Crippen molar-refractivity contribution in [2.75, 3.05) is 40.3 Å². The maximum atomic E-state index is 11.4. The van der Waals surface area contributed by atoms with Gasteiger partial charge in [-0.3, -0.25) is 0 Å². The van der Waals surface area contributed by atoms with Gasteiger partial charge in [-0.15, -0.1) is 0 Å². The number of piperazine rings is 1. The lowest BCUT2D eigenvalue weighted by Gasteiger charge is -2.41. The largest absolute Gasteiger partial charge is 0.465 e. The van der Waals surface area contributed by atoms with E-state index >= 15 is 0 Å². The third-order valence-corrected chi connectivity index (χ3v) is 3.08. The number of nitrogens with one attached hydrogen (secondary N) is 1. The quantitative estimate of drug-likeness (QED) is 0.472. The Hall–Kier alpha value is -0.610. The second-order valence-corrected chi connectivity index (χ2v) is 3.88. The molecule has 0 aromatic carbocycles. The van der Waals surface area contributed by atoms with Gasteiger partial charge in [0.2, 0.25) is 0 Å². The van der Waals surface area contributed by atoms with Crippen LogP contribution >= 0.6 is 0 Å². The van der Waals surface area contributed by atoms with E-state index in [0.717, 1.165) is 30.7 Å². The van der Waals surface area contributed by atoms with Gasteiger partial charge in [-0.1, -0.05) is 0 Å². The average Bonchev–Trinajstić information content (AvgIpc) is 2.16. The molecule has 0 spiro atoms. The highest BCUT2D eigenvalue weighted by atomic mass is 16.5. The summed E-state index contributed by atoms with van der Waals surface area (Å²) in [4.78, 5) is 11.4. The fourth-order valence-corrected chi connectivity index (χ4v) is 1.72. The molecule has 1 N–H and O–H groups in total. The van der Waals surface area contributed by atoms with Crippen LogP contribution in [-0.2, 0) is 9.53 Å². The number of hydrogen-bond donors (Lipinski definition) is 1. The molecule has 76 valence electrons. The molecule has 0 aliphatic carbocycles. The maximum absolute atomic E-state index is 11.4. The molecule has 4 heteroatoms. The highest BCUT2D eigenvalue weighted by Crippen LogP contribution is 2.12. The number of methoxy groups -OCH3 is 1. The van der Waals surface area contributed by atoms with Crippen LogP contribution in [0.5, 0.6) is 0 Å². The predicted octanol–water partition coefficient (Wildman–Crippen LogP) is -0.402. The smallest absolute Gasteiger partial charge is 0.364 e. The van der Waals surface area contributed by atoms with Gasteiger partial charge in [0, 0.05) is 13.1 Å². The molecule has 0 saturated carbocycles. The summed E-state index contributed by atoms with van der Waals surface area (Å²) in [5, 5.41) is 3.28. The van der Waals surface area contributed by atoms with Gasteiger partial charge in [0.1, 0.15) is 0 Å². The van der Waals surface area contributed by atoms with Crippen LogP contribution < -0.4 is 5.32 Å². The Morgan fingerprint density at radius 1 is 1.46 bits per heavy atom. The number of likely N-dealkylation sites (N-methyl/N-ethyl adjacent to an activating group) is 1. The first-order valence-electron chi connectivity index (χ1n) is 4.73. The highest BCUT2D eigenvalue weighted by Gasteiger charge is 2.36. The fourth-order valence-electron chi connectivity index (χ4n) is 1.72. The summed E-state index contributed by atoms with van der Waals surface area (Å²) < 4.78 is 5.55. The summed E-state index contributed by atoms with van der Waals surface area (Å²) in [5.41, 5.74) is 0. The lowest BCUT2D eigenvalue weighted by molar-refractivity contribution is -0.925. The van der Waals surface area contributed by atoms with Gasteiger partial charge in [-0.05, 0) is 6.92 Å². The number of hydrogen-bond acceptors (Lipinski definition) is 3. The van der Waals surface area contributed by atoms with Crippen molar-refractivity contribution in [3.05, 3.63) is 0 Å². The molecule has 0 radical (unpaired) electrons. The van der Waals surface area contributed by atoms with E-state index in [1.807, 2.05) is 6.92 Å². The number of ether oxygens (including phenoxy) is 1. The summed E-state index contributed by atoms with van der Waals surface area (Å²) in [6, 6.07) is -0.0490. The second-order valence-electron chi connectivity index (χ2n) is 3.88. The van der Waals surface area contributed by atoms with Crippen molar-refractivity contribution in [3.8, 4) is 0 Å². The van der Waals surface area contributed by atoms with Gasteiger partial charge in [-0.2, -0.15) is 0 Å². The monoisotopic (exact) mass is 187 g/mol. The van der Waals surface area contributed by atoms with Crippen molar-refractivity contribution < 1.29 is 14.0 Å². The first kappa shape index (κ1) is 10.5. The van der Waals surface area contributed by atoms with Crippen LogP contribution in [0.3, 0.4) is 0 Å². The van der Waals surface area contributed by atoms with E-state index < -0.39 is 0 Å². The van der Waals surface area contributed by atoms with E-state index in [2.05, 4.69) is 12.4 Å². The van der Waals surface area contributed by atoms with E-state index in [1.165, 1.54) is 7.11 Å². The Bertz CT molecular complexity index is 188. The van der Waals surface area contributed by atoms with Crippen LogP contribution in [-0.4, -0.2) is 56.8 Å². The van der Waals surface area contributed by atoms with Crippen molar-refractivity contribution in [1.29, 1.82) is 0 Å².